The van der Waals surface area contributed by atoms with Gasteiger partial charge in [-0.25, -0.2) is 0 Å². The first-order chi connectivity index (χ1) is 6.17. The van der Waals surface area contributed by atoms with Crippen LogP contribution in [-0.4, -0.2) is 6.16 Å². The third kappa shape index (κ3) is 3.46. The molecule has 0 aliphatic rings. The van der Waals surface area contributed by atoms with Gasteiger partial charge in [0.1, 0.15) is 0 Å². The Morgan fingerprint density at radius 1 is 1.31 bits per heavy atom. The Morgan fingerprint density at radius 2 is 1.92 bits per heavy atom. The van der Waals surface area contributed by atoms with Crippen molar-refractivity contribution in [3.05, 3.63) is 30.3 Å². The Morgan fingerprint density at radius 3 is 2.46 bits per heavy atom. The summed E-state index contributed by atoms with van der Waals surface area (Å²) in [6.07, 6.45) is 3.37. The van der Waals surface area contributed by atoms with Gasteiger partial charge in [-0.05, 0) is 11.5 Å². The largest absolute Gasteiger partial charge is 0.742 e. The predicted molar refractivity (Wildman–Crippen MR) is 67.5 cm³/mol. The maximum absolute atomic E-state index is 5.50. The van der Waals surface area contributed by atoms with Crippen molar-refractivity contribution in [2.24, 2.45) is 0 Å². The molecule has 0 bridgehead atoms. The number of rotatable bonds is 4. The van der Waals surface area contributed by atoms with E-state index in [1.165, 1.54) is 11.7 Å². The molecule has 0 N–H and O–H groups in total. The van der Waals surface area contributed by atoms with Gasteiger partial charge in [-0.3, -0.25) is 0 Å². The van der Waals surface area contributed by atoms with Crippen LogP contribution in [-0.2, 0) is 24.1 Å². The monoisotopic (exact) mass is 229 g/mol. The second-order valence-electron chi connectivity index (χ2n) is 3.09. The Balaban J connectivity index is 2.76. The van der Waals surface area contributed by atoms with E-state index in [4.69, 9.17) is 24.1 Å². The average molecular weight is 229 g/mol. The molecule has 13 heavy (non-hydrogen) atoms. The second-order valence-corrected chi connectivity index (χ2v) is 9.83. The topological polar surface area (TPSA) is 0 Å². The summed E-state index contributed by atoms with van der Waals surface area (Å²) in [5.74, 6) is 0. The highest BCUT2D eigenvalue weighted by Crippen LogP contribution is 2.42. The van der Waals surface area contributed by atoms with Crippen LogP contribution < -0.4 is 5.30 Å². The fourth-order valence-corrected chi connectivity index (χ4v) is 4.27. The van der Waals surface area contributed by atoms with Crippen molar-refractivity contribution < 1.29 is 0 Å². The maximum Gasteiger partial charge on any atom is -0.0370 e. The molecule has 0 aromatic heterocycles. The lowest BCUT2D eigenvalue weighted by Crippen LogP contribution is -2.04. The minimum atomic E-state index is -1.64. The third-order valence-electron chi connectivity index (χ3n) is 1.96. The first-order valence-corrected chi connectivity index (χ1v) is 8.52. The lowest BCUT2D eigenvalue weighted by molar-refractivity contribution is 0.894. The fraction of sp³-hybridized carbons (Fsp3) is 0.400. The Labute approximate surface area is 90.9 Å². The van der Waals surface area contributed by atoms with Gasteiger partial charge in [-0.1, -0.05) is 50.1 Å². The van der Waals surface area contributed by atoms with E-state index < -0.39 is 5.24 Å². The zero-order valence-corrected chi connectivity index (χ0v) is 10.3. The van der Waals surface area contributed by atoms with Crippen LogP contribution in [0.3, 0.4) is 0 Å². The van der Waals surface area contributed by atoms with Crippen LogP contribution in [0.1, 0.15) is 19.8 Å². The number of hydrogen-bond acceptors (Lipinski definition) is 2. The van der Waals surface area contributed by atoms with E-state index in [1.54, 1.807) is 0 Å². The van der Waals surface area contributed by atoms with Gasteiger partial charge in [0.05, 0.1) is 0 Å². The van der Waals surface area contributed by atoms with Crippen LogP contribution in [0.2, 0.25) is 0 Å². The number of hydrogen-bond donors (Lipinski definition) is 0. The van der Waals surface area contributed by atoms with Crippen molar-refractivity contribution in [2.45, 2.75) is 19.8 Å². The summed E-state index contributed by atoms with van der Waals surface area (Å²) < 4.78 is 0. The summed E-state index contributed by atoms with van der Waals surface area (Å²) >= 11 is 11.0. The van der Waals surface area contributed by atoms with Gasteiger partial charge < -0.3 is 12.2 Å². The summed E-state index contributed by atoms with van der Waals surface area (Å²) in [5, 5.41) is -0.442. The molecule has 0 aliphatic carbocycles. The molecule has 72 valence electrons. The van der Waals surface area contributed by atoms with Crippen LogP contribution in [0, 0.1) is 0 Å². The summed E-state index contributed by atoms with van der Waals surface area (Å²) in [5.41, 5.74) is 0. The van der Waals surface area contributed by atoms with Crippen LogP contribution >= 0.6 is 5.24 Å². The van der Waals surface area contributed by atoms with Crippen molar-refractivity contribution in [2.75, 3.05) is 6.16 Å². The van der Waals surface area contributed by atoms with Crippen LogP contribution in [0.5, 0.6) is 0 Å². The van der Waals surface area contributed by atoms with Gasteiger partial charge >= 0.3 is 0 Å². The molecule has 0 amide bonds. The standard InChI is InChI=1S/C10H15PS2/c1-2-3-9-11(12,13)10-7-5-4-6-8-10/h4-8H,2-3,9H2,1H3,(H,12,13)/p-1. The van der Waals surface area contributed by atoms with E-state index in [0.717, 1.165) is 12.6 Å². The van der Waals surface area contributed by atoms with Crippen molar-refractivity contribution in [1.29, 1.82) is 0 Å². The highest BCUT2D eigenvalue weighted by molar-refractivity contribution is 8.57. The smallest absolute Gasteiger partial charge is 0.0370 e. The lowest BCUT2D eigenvalue weighted by atomic mass is 10.4. The lowest BCUT2D eigenvalue weighted by Gasteiger charge is -2.29. The molecule has 3 heteroatoms. The van der Waals surface area contributed by atoms with Crippen LogP contribution in [0.25, 0.3) is 0 Å². The molecule has 0 radical (unpaired) electrons. The molecule has 0 spiro atoms. The van der Waals surface area contributed by atoms with E-state index in [1.807, 2.05) is 18.2 Å². The van der Waals surface area contributed by atoms with E-state index in [0.29, 0.717) is 0 Å². The van der Waals surface area contributed by atoms with E-state index in [2.05, 4.69) is 19.1 Å². The van der Waals surface area contributed by atoms with Crippen molar-refractivity contribution >= 4 is 34.6 Å². The van der Waals surface area contributed by atoms with E-state index in [-0.39, 0.29) is 0 Å². The molecule has 1 aromatic carbocycles. The van der Waals surface area contributed by atoms with Gasteiger partial charge in [0.2, 0.25) is 0 Å². The zero-order chi connectivity index (χ0) is 9.73. The molecule has 1 atom stereocenters. The molecule has 1 rings (SSSR count). The highest BCUT2D eigenvalue weighted by Gasteiger charge is 2.02. The number of unbranched alkanes of at least 4 members (excludes halogenated alkanes) is 1. The van der Waals surface area contributed by atoms with Gasteiger partial charge in [-0.15, -0.1) is 17.0 Å². The van der Waals surface area contributed by atoms with Crippen molar-refractivity contribution in [3.63, 3.8) is 0 Å². The molecule has 1 unspecified atom stereocenters. The quantitative estimate of drug-likeness (QED) is 0.575. The number of benzene rings is 1. The summed E-state index contributed by atoms with van der Waals surface area (Å²) in [4.78, 5) is 0. The molecule has 0 heterocycles. The first kappa shape index (κ1) is 11.3. The molecule has 0 saturated carbocycles. The molecular formula is C10H14PS2-. The Hall–Kier alpha value is 0.220. The Kier molecular flexibility index (Phi) is 4.51. The normalized spacial score (nSPS) is 15.2. The highest BCUT2D eigenvalue weighted by atomic mass is 32.9. The summed E-state index contributed by atoms with van der Waals surface area (Å²) in [6.45, 7) is 2.18. The molecule has 0 aliphatic heterocycles. The summed E-state index contributed by atoms with van der Waals surface area (Å²) in [7, 11) is 0. The predicted octanol–water partition coefficient (Wildman–Crippen LogP) is 3.05. The van der Waals surface area contributed by atoms with Gasteiger partial charge in [0.15, 0.2) is 0 Å². The molecule has 1 aromatic rings. The SMILES string of the molecule is CCCCP(=S)([S-])c1ccccc1. The zero-order valence-electron chi connectivity index (χ0n) is 7.77. The second kappa shape index (κ2) is 5.19. The maximum atomic E-state index is 5.50. The first-order valence-electron chi connectivity index (χ1n) is 4.52. The van der Waals surface area contributed by atoms with Gasteiger partial charge in [0, 0.05) is 0 Å². The van der Waals surface area contributed by atoms with Gasteiger partial charge in [-0.2, -0.15) is 0 Å². The molecular weight excluding hydrogens is 215 g/mol. The minimum Gasteiger partial charge on any atom is -0.742 e. The van der Waals surface area contributed by atoms with Gasteiger partial charge in [0.25, 0.3) is 0 Å². The van der Waals surface area contributed by atoms with E-state index in [9.17, 15) is 0 Å². The fourth-order valence-electron chi connectivity index (χ4n) is 1.15. The van der Waals surface area contributed by atoms with Crippen molar-refractivity contribution in [1.82, 2.24) is 0 Å². The van der Waals surface area contributed by atoms with Crippen LogP contribution in [0.4, 0.5) is 0 Å². The molecule has 0 nitrogen and oxygen atoms in total. The minimum absolute atomic E-state index is 1.03. The van der Waals surface area contributed by atoms with Crippen LogP contribution in [0.15, 0.2) is 30.3 Å². The van der Waals surface area contributed by atoms with E-state index >= 15 is 0 Å². The van der Waals surface area contributed by atoms with Crippen molar-refractivity contribution in [3.8, 4) is 0 Å². The average Bonchev–Trinajstić information content (AvgIpc) is 2.16. The summed E-state index contributed by atoms with van der Waals surface area (Å²) in [6, 6.07) is 10.2. The third-order valence-corrected chi connectivity index (χ3v) is 6.31. The Bertz CT molecular complexity index is 295. The molecule has 0 fully saturated rings. The molecule has 0 saturated heterocycles.